The summed E-state index contributed by atoms with van der Waals surface area (Å²) in [5, 5.41) is 5.46. The summed E-state index contributed by atoms with van der Waals surface area (Å²) < 4.78 is 1.42. The van der Waals surface area contributed by atoms with Crippen molar-refractivity contribution in [1.82, 2.24) is 0 Å². The molecule has 6 rings (SSSR count). The Hall–Kier alpha value is -3.02. The molecule has 0 N–H and O–H groups in total. The van der Waals surface area contributed by atoms with Crippen LogP contribution in [0.5, 0.6) is 0 Å². The number of allylic oxidation sites excluding steroid dienone is 4. The molecular weight excluding hydrogens is 524 g/mol. The number of hydrogen-bond donors (Lipinski definition) is 0. The SMILES string of the molecule is CCCC1=[C-]CC=C1.Cc1ccc2c(c1)[cH-]c1cc(C)ccc12.[Zr+2]=[C](c1ccccc1)c1ccccc1. The fraction of sp³-hybridized carbons (Fsp3) is 0.167. The van der Waals surface area contributed by atoms with Gasteiger partial charge in [-0.3, -0.25) is 6.08 Å². The van der Waals surface area contributed by atoms with Crippen molar-refractivity contribution in [2.75, 3.05) is 0 Å². The van der Waals surface area contributed by atoms with Crippen LogP contribution in [0.3, 0.4) is 0 Å². The monoisotopic (exact) mass is 556 g/mol. The predicted molar refractivity (Wildman–Crippen MR) is 158 cm³/mol. The number of benzene rings is 4. The van der Waals surface area contributed by atoms with E-state index in [-0.39, 0.29) is 0 Å². The van der Waals surface area contributed by atoms with E-state index < -0.39 is 0 Å². The maximum atomic E-state index is 3.26. The average Bonchev–Trinajstić information content (AvgIpc) is 3.57. The minimum atomic E-state index is 1.04. The van der Waals surface area contributed by atoms with Crippen LogP contribution in [0.1, 0.15) is 48.4 Å². The van der Waals surface area contributed by atoms with E-state index >= 15 is 0 Å². The first-order valence-electron chi connectivity index (χ1n) is 13.1. The molecule has 0 atom stereocenters. The molecule has 0 spiro atoms. The number of aryl methyl sites for hydroxylation is 2. The molecule has 0 aliphatic heterocycles. The Bertz CT molecular complexity index is 1420. The standard InChI is InChI=1S/C15H13.C13H10.C8H11.Zr/c1-10-3-5-14-12(7-10)9-13-8-11(2)4-6-15(13)14;1-3-7-12(8-4-1)11-13-9-5-2-6-10-13;1-2-5-8-6-3-4-7-8;/h3-9H,1-2H3;1-10H;3,6H,2,4-5H2,1H3;/q-1;;-1;+2. The summed E-state index contributed by atoms with van der Waals surface area (Å²) in [5.41, 5.74) is 6.71. The Morgan fingerprint density at radius 1 is 0.757 bits per heavy atom. The minimum absolute atomic E-state index is 1.04. The van der Waals surface area contributed by atoms with Crippen LogP contribution >= 0.6 is 0 Å². The molecule has 1 aliphatic carbocycles. The second-order valence-electron chi connectivity index (χ2n) is 9.49. The summed E-state index contributed by atoms with van der Waals surface area (Å²) in [6.07, 6.45) is 11.1. The fourth-order valence-electron chi connectivity index (χ4n) is 4.53. The van der Waals surface area contributed by atoms with Crippen molar-refractivity contribution in [2.24, 2.45) is 0 Å². The van der Waals surface area contributed by atoms with Gasteiger partial charge in [-0.05, 0) is 13.8 Å². The summed E-state index contributed by atoms with van der Waals surface area (Å²) in [6, 6.07) is 36.7. The van der Waals surface area contributed by atoms with E-state index in [2.05, 4.69) is 142 Å². The van der Waals surface area contributed by atoms with Crippen molar-refractivity contribution < 1.29 is 24.2 Å². The number of hydrogen-bond acceptors (Lipinski definition) is 0. The third-order valence-electron chi connectivity index (χ3n) is 6.43. The van der Waals surface area contributed by atoms with Gasteiger partial charge in [-0.2, -0.15) is 6.08 Å². The van der Waals surface area contributed by atoms with Crippen molar-refractivity contribution in [1.29, 1.82) is 0 Å². The molecule has 0 aromatic heterocycles. The van der Waals surface area contributed by atoms with E-state index in [1.165, 1.54) is 89.7 Å². The molecule has 0 amide bonds. The molecule has 5 aromatic carbocycles. The molecule has 0 bridgehead atoms. The van der Waals surface area contributed by atoms with Gasteiger partial charge in [0.25, 0.3) is 0 Å². The molecule has 0 saturated carbocycles. The third-order valence-corrected chi connectivity index (χ3v) is 7.84. The Balaban J connectivity index is 0.000000136. The summed E-state index contributed by atoms with van der Waals surface area (Å²) in [5.74, 6) is 0. The molecular formula is C36H34Zr. The van der Waals surface area contributed by atoms with E-state index in [0.717, 1.165) is 6.42 Å². The van der Waals surface area contributed by atoms with Crippen molar-refractivity contribution in [2.45, 2.75) is 40.0 Å². The molecule has 0 unspecified atom stereocenters. The van der Waals surface area contributed by atoms with Crippen LogP contribution < -0.4 is 0 Å². The topological polar surface area (TPSA) is 0 Å². The quantitative estimate of drug-likeness (QED) is 0.193. The van der Waals surface area contributed by atoms with Crippen LogP contribution in [0, 0.1) is 19.9 Å². The van der Waals surface area contributed by atoms with Gasteiger partial charge in [0, 0.05) is 0 Å². The first-order valence-corrected chi connectivity index (χ1v) is 14.3. The van der Waals surface area contributed by atoms with Crippen molar-refractivity contribution in [3.05, 3.63) is 149 Å². The fourth-order valence-corrected chi connectivity index (χ4v) is 5.35. The molecule has 1 heteroatoms. The molecule has 1 aliphatic rings. The number of fused-ring (bicyclic) bond motifs is 3. The summed E-state index contributed by atoms with van der Waals surface area (Å²) in [6.45, 7) is 6.48. The predicted octanol–water partition coefficient (Wildman–Crippen LogP) is 9.61. The van der Waals surface area contributed by atoms with E-state index in [4.69, 9.17) is 0 Å². The molecule has 0 nitrogen and oxygen atoms in total. The van der Waals surface area contributed by atoms with Gasteiger partial charge in [0.1, 0.15) is 0 Å². The Morgan fingerprint density at radius 2 is 1.27 bits per heavy atom. The van der Waals surface area contributed by atoms with Gasteiger partial charge in [-0.1, -0.05) is 55.2 Å². The molecule has 5 aromatic rings. The van der Waals surface area contributed by atoms with Crippen LogP contribution in [-0.2, 0) is 24.2 Å². The van der Waals surface area contributed by atoms with E-state index in [1.807, 2.05) is 0 Å². The zero-order valence-corrected chi connectivity index (χ0v) is 24.5. The normalized spacial score (nSPS) is 12.0. The molecule has 37 heavy (non-hydrogen) atoms. The average molecular weight is 558 g/mol. The summed E-state index contributed by atoms with van der Waals surface area (Å²) in [4.78, 5) is 0. The summed E-state index contributed by atoms with van der Waals surface area (Å²) >= 11 is 1.46. The zero-order valence-electron chi connectivity index (χ0n) is 22.1. The van der Waals surface area contributed by atoms with Crippen molar-refractivity contribution in [3.8, 4) is 0 Å². The Kier molecular flexibility index (Phi) is 9.87. The van der Waals surface area contributed by atoms with E-state index in [9.17, 15) is 0 Å². The first kappa shape index (κ1) is 27.0. The van der Waals surface area contributed by atoms with Gasteiger partial charge < -0.3 is 0 Å². The first-order chi connectivity index (χ1) is 18.0. The van der Waals surface area contributed by atoms with E-state index in [1.54, 1.807) is 0 Å². The Labute approximate surface area is 237 Å². The van der Waals surface area contributed by atoms with E-state index in [0.29, 0.717) is 0 Å². The van der Waals surface area contributed by atoms with Crippen LogP contribution in [0.4, 0.5) is 0 Å². The summed E-state index contributed by atoms with van der Waals surface area (Å²) in [7, 11) is 0. The van der Waals surface area contributed by atoms with Crippen LogP contribution in [0.2, 0.25) is 0 Å². The molecule has 0 radical (unpaired) electrons. The van der Waals surface area contributed by atoms with Gasteiger partial charge in [-0.15, -0.1) is 46.2 Å². The second-order valence-corrected chi connectivity index (χ2v) is 10.7. The molecule has 182 valence electrons. The van der Waals surface area contributed by atoms with Crippen LogP contribution in [-0.4, -0.2) is 3.21 Å². The third kappa shape index (κ3) is 7.50. The van der Waals surface area contributed by atoms with Gasteiger partial charge in [0.15, 0.2) is 0 Å². The zero-order chi connectivity index (χ0) is 26.0. The Morgan fingerprint density at radius 3 is 1.70 bits per heavy atom. The van der Waals surface area contributed by atoms with Crippen molar-refractivity contribution >= 4 is 24.8 Å². The van der Waals surface area contributed by atoms with Gasteiger partial charge in [0.2, 0.25) is 0 Å². The molecule has 0 fully saturated rings. The van der Waals surface area contributed by atoms with Gasteiger partial charge >= 0.3 is 99.2 Å². The van der Waals surface area contributed by atoms with Crippen molar-refractivity contribution in [3.63, 3.8) is 0 Å². The second kappa shape index (κ2) is 13.5. The number of rotatable bonds is 4. The van der Waals surface area contributed by atoms with Crippen LogP contribution in [0.25, 0.3) is 21.5 Å². The van der Waals surface area contributed by atoms with Gasteiger partial charge in [-0.25, -0.2) is 11.6 Å². The molecule has 0 saturated heterocycles. The maximum absolute atomic E-state index is 3.26. The van der Waals surface area contributed by atoms with Gasteiger partial charge in [0.05, 0.1) is 0 Å². The molecule has 0 heterocycles. The van der Waals surface area contributed by atoms with Crippen LogP contribution in [0.15, 0.2) is 121 Å².